The summed E-state index contributed by atoms with van der Waals surface area (Å²) in [6.45, 7) is 3.23. The monoisotopic (exact) mass is 301 g/mol. The Bertz CT molecular complexity index is 660. The van der Waals surface area contributed by atoms with Gasteiger partial charge in [-0.1, -0.05) is 0 Å². The van der Waals surface area contributed by atoms with Crippen LogP contribution in [0.2, 0.25) is 0 Å². The first-order chi connectivity index (χ1) is 9.25. The summed E-state index contributed by atoms with van der Waals surface area (Å²) >= 11 is 0. The average molecular weight is 301 g/mol. The molecule has 1 unspecified atom stereocenters. The Morgan fingerprint density at radius 1 is 1.45 bits per heavy atom. The van der Waals surface area contributed by atoms with Crippen molar-refractivity contribution in [1.29, 1.82) is 0 Å². The van der Waals surface area contributed by atoms with Crippen molar-refractivity contribution >= 4 is 21.6 Å². The molecule has 0 bridgehead atoms. The van der Waals surface area contributed by atoms with Gasteiger partial charge in [0.15, 0.2) is 0 Å². The fraction of sp³-hybridized carbons (Fsp3) is 0.417. The van der Waals surface area contributed by atoms with Crippen molar-refractivity contribution in [2.24, 2.45) is 0 Å². The van der Waals surface area contributed by atoms with Gasteiger partial charge in [-0.15, -0.1) is 0 Å². The zero-order chi connectivity index (χ0) is 15.1. The molecule has 20 heavy (non-hydrogen) atoms. The van der Waals surface area contributed by atoms with Crippen LogP contribution in [-0.4, -0.2) is 37.8 Å². The van der Waals surface area contributed by atoms with Crippen molar-refractivity contribution in [1.82, 2.24) is 9.62 Å². The number of nitrogens with two attached hydrogens (primary N) is 1. The van der Waals surface area contributed by atoms with E-state index in [-0.39, 0.29) is 35.1 Å². The maximum absolute atomic E-state index is 13.7. The molecule has 0 radical (unpaired) electrons. The predicted octanol–water partition coefficient (Wildman–Crippen LogP) is 0.225. The molecule has 0 spiro atoms. The minimum absolute atomic E-state index is 0.00242. The summed E-state index contributed by atoms with van der Waals surface area (Å²) in [7, 11) is -3.97. The highest BCUT2D eigenvalue weighted by molar-refractivity contribution is 7.89. The van der Waals surface area contributed by atoms with Crippen molar-refractivity contribution in [3.8, 4) is 0 Å². The van der Waals surface area contributed by atoms with Crippen LogP contribution in [0.5, 0.6) is 0 Å². The van der Waals surface area contributed by atoms with Gasteiger partial charge in [-0.05, 0) is 26.0 Å². The molecule has 1 heterocycles. The first kappa shape index (κ1) is 14.7. The lowest BCUT2D eigenvalue weighted by Crippen LogP contribution is -2.55. The molecule has 1 aromatic carbocycles. The number of anilines is 1. The van der Waals surface area contributed by atoms with Crippen LogP contribution in [0.1, 0.15) is 12.5 Å². The Morgan fingerprint density at radius 2 is 2.10 bits per heavy atom. The largest absolute Gasteiger partial charge is 0.399 e. The Morgan fingerprint density at radius 3 is 2.75 bits per heavy atom. The summed E-state index contributed by atoms with van der Waals surface area (Å²) in [6, 6.07) is 1.45. The summed E-state index contributed by atoms with van der Waals surface area (Å²) in [6.07, 6.45) is 0. The number of piperazine rings is 1. The number of nitrogen functional groups attached to an aromatic ring is 1. The molecule has 110 valence electrons. The summed E-state index contributed by atoms with van der Waals surface area (Å²) in [5.74, 6) is -1.06. The first-order valence-electron chi connectivity index (χ1n) is 6.10. The number of carbonyl (C=O) groups is 1. The van der Waals surface area contributed by atoms with Crippen molar-refractivity contribution < 1.29 is 17.6 Å². The third-order valence-corrected chi connectivity index (χ3v) is 5.44. The van der Waals surface area contributed by atoms with E-state index in [0.29, 0.717) is 0 Å². The maximum atomic E-state index is 13.7. The quantitative estimate of drug-likeness (QED) is 0.765. The van der Waals surface area contributed by atoms with E-state index in [0.717, 1.165) is 10.4 Å². The van der Waals surface area contributed by atoms with Crippen molar-refractivity contribution in [2.45, 2.75) is 24.8 Å². The van der Waals surface area contributed by atoms with Crippen molar-refractivity contribution in [2.75, 3.05) is 18.8 Å². The summed E-state index contributed by atoms with van der Waals surface area (Å²) in [5.41, 5.74) is 5.54. The van der Waals surface area contributed by atoms with Gasteiger partial charge in [0.1, 0.15) is 11.9 Å². The van der Waals surface area contributed by atoms with Crippen LogP contribution in [0.15, 0.2) is 17.0 Å². The van der Waals surface area contributed by atoms with Gasteiger partial charge in [-0.3, -0.25) is 4.79 Å². The lowest BCUT2D eigenvalue weighted by molar-refractivity contribution is -0.126. The number of hydrogen-bond donors (Lipinski definition) is 2. The molecule has 1 aromatic rings. The highest BCUT2D eigenvalue weighted by Crippen LogP contribution is 2.26. The van der Waals surface area contributed by atoms with Gasteiger partial charge < -0.3 is 11.1 Å². The molecule has 6 nitrogen and oxygen atoms in total. The number of halogens is 1. The van der Waals surface area contributed by atoms with Crippen molar-refractivity contribution in [3.05, 3.63) is 23.5 Å². The minimum atomic E-state index is -3.97. The smallest absolute Gasteiger partial charge is 0.244 e. The van der Waals surface area contributed by atoms with Crippen LogP contribution < -0.4 is 11.1 Å². The molecule has 1 aliphatic rings. The highest BCUT2D eigenvalue weighted by atomic mass is 32.2. The fourth-order valence-electron chi connectivity index (χ4n) is 2.16. The topological polar surface area (TPSA) is 92.5 Å². The van der Waals surface area contributed by atoms with Gasteiger partial charge in [0.05, 0.1) is 4.90 Å². The van der Waals surface area contributed by atoms with Gasteiger partial charge >= 0.3 is 0 Å². The van der Waals surface area contributed by atoms with Crippen molar-refractivity contribution in [3.63, 3.8) is 0 Å². The van der Waals surface area contributed by atoms with Gasteiger partial charge in [0, 0.05) is 24.3 Å². The molecule has 8 heteroatoms. The van der Waals surface area contributed by atoms with Crippen LogP contribution in [0, 0.1) is 12.7 Å². The van der Waals surface area contributed by atoms with Gasteiger partial charge in [-0.25, -0.2) is 12.8 Å². The molecule has 1 atom stereocenters. The van der Waals surface area contributed by atoms with E-state index < -0.39 is 21.9 Å². The Hall–Kier alpha value is -1.67. The van der Waals surface area contributed by atoms with E-state index in [9.17, 15) is 17.6 Å². The van der Waals surface area contributed by atoms with Gasteiger partial charge in [-0.2, -0.15) is 4.31 Å². The third kappa shape index (κ3) is 2.36. The van der Waals surface area contributed by atoms with E-state index >= 15 is 0 Å². The van der Waals surface area contributed by atoms with E-state index in [1.807, 2.05) is 0 Å². The molecule has 1 amide bonds. The van der Waals surface area contributed by atoms with Crippen LogP contribution in [0.4, 0.5) is 10.1 Å². The number of sulfonamides is 1. The highest BCUT2D eigenvalue weighted by Gasteiger charge is 2.36. The fourth-order valence-corrected chi connectivity index (χ4v) is 4.02. The molecule has 0 aliphatic carbocycles. The van der Waals surface area contributed by atoms with E-state index in [1.165, 1.54) is 19.9 Å². The molecule has 0 aromatic heterocycles. The van der Waals surface area contributed by atoms with Gasteiger partial charge in [0.25, 0.3) is 0 Å². The first-order valence-corrected chi connectivity index (χ1v) is 7.54. The zero-order valence-corrected chi connectivity index (χ0v) is 12.0. The van der Waals surface area contributed by atoms with E-state index in [4.69, 9.17) is 5.73 Å². The second-order valence-corrected chi connectivity index (χ2v) is 6.57. The molecule has 0 saturated carbocycles. The standard InChI is InChI=1S/C12H16FN3O3S/c1-7-10(13)5-9(14)6-11(7)20(18,19)16-4-3-15-12(17)8(16)2/h5-6,8H,3-4,14H2,1-2H3,(H,15,17). The molecular weight excluding hydrogens is 285 g/mol. The zero-order valence-electron chi connectivity index (χ0n) is 11.2. The SMILES string of the molecule is Cc1c(F)cc(N)cc1S(=O)(=O)N1CCNC(=O)C1C. The summed E-state index contributed by atoms with van der Waals surface area (Å²) < 4.78 is 39.9. The Labute approximate surface area is 116 Å². The number of hydrogen-bond acceptors (Lipinski definition) is 4. The molecule has 1 saturated heterocycles. The van der Waals surface area contributed by atoms with Crippen LogP contribution in [0.25, 0.3) is 0 Å². The number of benzene rings is 1. The average Bonchev–Trinajstić information content (AvgIpc) is 2.36. The summed E-state index contributed by atoms with van der Waals surface area (Å²) in [5, 5.41) is 2.58. The molecule has 2 rings (SSSR count). The van der Waals surface area contributed by atoms with E-state index in [1.54, 1.807) is 0 Å². The molecule has 1 aliphatic heterocycles. The lowest BCUT2D eigenvalue weighted by atomic mass is 10.2. The van der Waals surface area contributed by atoms with Crippen LogP contribution in [-0.2, 0) is 14.8 Å². The second-order valence-electron chi connectivity index (χ2n) is 4.71. The molecule has 1 fully saturated rings. The van der Waals surface area contributed by atoms with Gasteiger partial charge in [0.2, 0.25) is 15.9 Å². The normalized spacial score (nSPS) is 20.8. The molecule has 3 N–H and O–H groups in total. The number of nitrogens with one attached hydrogen (secondary N) is 1. The van der Waals surface area contributed by atoms with Crippen LogP contribution in [0.3, 0.4) is 0 Å². The third-order valence-electron chi connectivity index (χ3n) is 3.35. The number of amides is 1. The number of carbonyl (C=O) groups excluding carboxylic acids is 1. The Kier molecular flexibility index (Phi) is 3.70. The summed E-state index contributed by atoms with van der Waals surface area (Å²) in [4.78, 5) is 11.4. The number of nitrogens with zero attached hydrogens (tertiary/aromatic N) is 1. The lowest BCUT2D eigenvalue weighted by Gasteiger charge is -2.32. The Balaban J connectivity index is 2.53. The maximum Gasteiger partial charge on any atom is 0.244 e. The van der Waals surface area contributed by atoms with Crippen LogP contribution >= 0.6 is 0 Å². The second kappa shape index (κ2) is 5.02. The molecular formula is C12H16FN3O3S. The number of rotatable bonds is 2. The minimum Gasteiger partial charge on any atom is -0.399 e. The van der Waals surface area contributed by atoms with E-state index in [2.05, 4.69) is 5.32 Å². The predicted molar refractivity (Wildman–Crippen MR) is 71.9 cm³/mol.